The molecule has 12 heteroatoms. The molecular weight excluding hydrogens is 428 g/mol. The van der Waals surface area contributed by atoms with Gasteiger partial charge < -0.3 is 20.1 Å². The van der Waals surface area contributed by atoms with Crippen LogP contribution >= 0.6 is 34.7 Å². The number of rotatable bonds is 9. The minimum atomic E-state index is -0.600. The third-order valence-electron chi connectivity index (χ3n) is 3.27. The summed E-state index contributed by atoms with van der Waals surface area (Å²) in [4.78, 5) is 45.4. The van der Waals surface area contributed by atoms with Crippen molar-refractivity contribution >= 4 is 74.3 Å². The Balaban J connectivity index is 2.59. The highest BCUT2D eigenvalue weighted by molar-refractivity contribution is 7.98. The first kappa shape index (κ1) is 22.2. The standard InChI is InChI=1S/C16H19ClN4O5S2/c1-4-25-9(23)7-18-13-10-11(19-8(22)6-17)12(15(24)26-5-2)28-14(10)21-16(20-13)27-3/h4-7H2,1-3H3,(H,19,22)(H,18,20,21). The number of anilines is 2. The quantitative estimate of drug-likeness (QED) is 0.259. The van der Waals surface area contributed by atoms with E-state index in [4.69, 9.17) is 21.1 Å². The van der Waals surface area contributed by atoms with Gasteiger partial charge in [0.05, 0.1) is 24.3 Å². The van der Waals surface area contributed by atoms with Crippen molar-refractivity contribution < 1.29 is 23.9 Å². The number of hydrogen-bond acceptors (Lipinski definition) is 10. The third-order valence-corrected chi connectivity index (χ3v) is 5.12. The van der Waals surface area contributed by atoms with Crippen LogP contribution in [0.3, 0.4) is 0 Å². The smallest absolute Gasteiger partial charge is 0.350 e. The third kappa shape index (κ3) is 5.24. The van der Waals surface area contributed by atoms with Crippen LogP contribution in [0.25, 0.3) is 10.2 Å². The van der Waals surface area contributed by atoms with E-state index >= 15 is 0 Å². The number of alkyl halides is 1. The van der Waals surface area contributed by atoms with Gasteiger partial charge in [-0.05, 0) is 20.1 Å². The van der Waals surface area contributed by atoms with Gasteiger partial charge in [0.2, 0.25) is 5.91 Å². The Bertz CT molecular complexity index is 890. The predicted molar refractivity (Wildman–Crippen MR) is 110 cm³/mol. The van der Waals surface area contributed by atoms with E-state index in [1.807, 2.05) is 0 Å². The van der Waals surface area contributed by atoms with E-state index in [-0.39, 0.29) is 36.2 Å². The number of amides is 1. The normalized spacial score (nSPS) is 10.6. The summed E-state index contributed by atoms with van der Waals surface area (Å²) in [7, 11) is 0. The van der Waals surface area contributed by atoms with E-state index in [2.05, 4.69) is 20.6 Å². The minimum Gasteiger partial charge on any atom is -0.465 e. The lowest BCUT2D eigenvalue weighted by atomic mass is 10.2. The van der Waals surface area contributed by atoms with Crippen molar-refractivity contribution in [1.82, 2.24) is 9.97 Å². The van der Waals surface area contributed by atoms with E-state index in [9.17, 15) is 14.4 Å². The van der Waals surface area contributed by atoms with Crippen LogP contribution in [0.1, 0.15) is 23.5 Å². The number of aromatic nitrogens is 2. The molecule has 0 bridgehead atoms. The van der Waals surface area contributed by atoms with Crippen LogP contribution in [-0.4, -0.2) is 59.7 Å². The zero-order valence-electron chi connectivity index (χ0n) is 15.5. The van der Waals surface area contributed by atoms with Crippen molar-refractivity contribution in [2.75, 3.05) is 42.5 Å². The maximum Gasteiger partial charge on any atom is 0.350 e. The number of halogens is 1. The lowest BCUT2D eigenvalue weighted by Gasteiger charge is -2.10. The molecule has 0 aliphatic carbocycles. The van der Waals surface area contributed by atoms with Gasteiger partial charge in [0.15, 0.2) is 5.16 Å². The first-order valence-electron chi connectivity index (χ1n) is 8.26. The molecule has 2 N–H and O–H groups in total. The van der Waals surface area contributed by atoms with Crippen molar-refractivity contribution in [1.29, 1.82) is 0 Å². The maximum atomic E-state index is 12.4. The van der Waals surface area contributed by atoms with Gasteiger partial charge in [0.1, 0.15) is 28.0 Å². The number of esters is 2. The summed E-state index contributed by atoms with van der Waals surface area (Å²) in [6, 6.07) is 0. The number of thiophene rings is 1. The lowest BCUT2D eigenvalue weighted by molar-refractivity contribution is -0.140. The number of nitrogens with zero attached hydrogens (tertiary/aromatic N) is 2. The molecule has 0 fully saturated rings. The Morgan fingerprint density at radius 2 is 1.89 bits per heavy atom. The molecule has 9 nitrogen and oxygen atoms in total. The fourth-order valence-corrected chi connectivity index (χ4v) is 3.71. The molecule has 28 heavy (non-hydrogen) atoms. The molecule has 0 radical (unpaired) electrons. The van der Waals surface area contributed by atoms with Crippen molar-refractivity contribution in [3.05, 3.63) is 4.88 Å². The molecule has 152 valence electrons. The van der Waals surface area contributed by atoms with E-state index < -0.39 is 17.8 Å². The Kier molecular flexibility index (Phi) is 8.27. The maximum absolute atomic E-state index is 12.4. The molecular formula is C16H19ClN4O5S2. The molecule has 0 aromatic carbocycles. The van der Waals surface area contributed by atoms with Crippen LogP contribution in [-0.2, 0) is 19.1 Å². The Morgan fingerprint density at radius 3 is 2.50 bits per heavy atom. The van der Waals surface area contributed by atoms with Crippen LogP contribution in [0.5, 0.6) is 0 Å². The fourth-order valence-electron chi connectivity index (χ4n) is 2.20. The van der Waals surface area contributed by atoms with Gasteiger partial charge in [-0.2, -0.15) is 0 Å². The topological polar surface area (TPSA) is 120 Å². The highest BCUT2D eigenvalue weighted by Crippen LogP contribution is 2.40. The van der Waals surface area contributed by atoms with Crippen LogP contribution in [0.4, 0.5) is 11.5 Å². The largest absolute Gasteiger partial charge is 0.465 e. The summed E-state index contributed by atoms with van der Waals surface area (Å²) in [5, 5.41) is 6.34. The highest BCUT2D eigenvalue weighted by Gasteiger charge is 2.25. The van der Waals surface area contributed by atoms with E-state index in [0.29, 0.717) is 21.2 Å². The zero-order valence-corrected chi connectivity index (χ0v) is 17.8. The predicted octanol–water partition coefficient (Wildman–Crippen LogP) is 2.74. The Morgan fingerprint density at radius 1 is 1.18 bits per heavy atom. The SMILES string of the molecule is CCOC(=O)CNc1nc(SC)nc2sc(C(=O)OCC)c(NC(=O)CCl)c12. The number of carbonyl (C=O) groups excluding carboxylic acids is 3. The minimum absolute atomic E-state index is 0.138. The summed E-state index contributed by atoms with van der Waals surface area (Å²) in [6.07, 6.45) is 1.80. The van der Waals surface area contributed by atoms with Crippen molar-refractivity contribution in [3.63, 3.8) is 0 Å². The van der Waals surface area contributed by atoms with Crippen LogP contribution in [0, 0.1) is 0 Å². The van der Waals surface area contributed by atoms with Crippen molar-refractivity contribution in [2.45, 2.75) is 19.0 Å². The molecule has 0 unspecified atom stereocenters. The molecule has 1 amide bonds. The van der Waals surface area contributed by atoms with E-state index in [1.54, 1.807) is 20.1 Å². The molecule has 0 aliphatic rings. The molecule has 2 heterocycles. The van der Waals surface area contributed by atoms with Crippen molar-refractivity contribution in [2.24, 2.45) is 0 Å². The lowest BCUT2D eigenvalue weighted by Crippen LogP contribution is -2.18. The second-order valence-corrected chi connectivity index (χ2v) is 7.15. The summed E-state index contributed by atoms with van der Waals surface area (Å²) in [5.41, 5.74) is 0.197. The number of hydrogen-bond donors (Lipinski definition) is 2. The first-order valence-corrected chi connectivity index (χ1v) is 10.8. The van der Waals surface area contributed by atoms with E-state index in [1.165, 1.54) is 11.8 Å². The molecule has 0 saturated heterocycles. The average Bonchev–Trinajstić information content (AvgIpc) is 3.04. The summed E-state index contributed by atoms with van der Waals surface area (Å²) < 4.78 is 9.99. The summed E-state index contributed by atoms with van der Waals surface area (Å²) >= 11 is 7.96. The highest BCUT2D eigenvalue weighted by atomic mass is 35.5. The molecule has 0 spiro atoms. The van der Waals surface area contributed by atoms with Gasteiger partial charge in [-0.3, -0.25) is 9.59 Å². The number of nitrogens with one attached hydrogen (secondary N) is 2. The number of thioether (sulfide) groups is 1. The summed E-state index contributed by atoms with van der Waals surface area (Å²) in [6.45, 7) is 3.67. The second kappa shape index (κ2) is 10.4. The average molecular weight is 447 g/mol. The van der Waals surface area contributed by atoms with Gasteiger partial charge in [0, 0.05) is 0 Å². The van der Waals surface area contributed by atoms with Gasteiger partial charge in [-0.1, -0.05) is 11.8 Å². The molecule has 0 atom stereocenters. The van der Waals surface area contributed by atoms with Crippen molar-refractivity contribution in [3.8, 4) is 0 Å². The Hall–Kier alpha value is -2.11. The summed E-state index contributed by atoms with van der Waals surface area (Å²) in [5.74, 6) is -1.57. The van der Waals surface area contributed by atoms with Crippen LogP contribution in [0.15, 0.2) is 5.16 Å². The zero-order chi connectivity index (χ0) is 20.7. The monoisotopic (exact) mass is 446 g/mol. The molecule has 2 aromatic heterocycles. The Labute approximate surface area is 174 Å². The number of fused-ring (bicyclic) bond motifs is 1. The number of ether oxygens (including phenoxy) is 2. The molecule has 0 aliphatic heterocycles. The van der Waals surface area contributed by atoms with Crippen LogP contribution < -0.4 is 10.6 Å². The van der Waals surface area contributed by atoms with E-state index in [0.717, 1.165) is 11.3 Å². The first-order chi connectivity index (χ1) is 13.4. The number of carbonyl (C=O) groups is 3. The fraction of sp³-hybridized carbons (Fsp3) is 0.438. The molecule has 2 rings (SSSR count). The van der Waals surface area contributed by atoms with Gasteiger partial charge >= 0.3 is 11.9 Å². The molecule has 2 aromatic rings. The second-order valence-electron chi connectivity index (χ2n) is 5.11. The van der Waals surface area contributed by atoms with Crippen LogP contribution in [0.2, 0.25) is 0 Å². The van der Waals surface area contributed by atoms with Gasteiger partial charge in [-0.25, -0.2) is 14.8 Å². The molecule has 0 saturated carbocycles. The van der Waals surface area contributed by atoms with Gasteiger partial charge in [-0.15, -0.1) is 22.9 Å². The van der Waals surface area contributed by atoms with Gasteiger partial charge in [0.25, 0.3) is 0 Å².